The van der Waals surface area contributed by atoms with Gasteiger partial charge < -0.3 is 14.7 Å². The third kappa shape index (κ3) is 2.85. The molecule has 0 aliphatic carbocycles. The van der Waals surface area contributed by atoms with Crippen molar-refractivity contribution in [2.75, 3.05) is 13.1 Å². The van der Waals surface area contributed by atoms with Crippen LogP contribution in [0.25, 0.3) is 10.8 Å². The molecule has 1 aliphatic heterocycles. The van der Waals surface area contributed by atoms with Gasteiger partial charge >= 0.3 is 6.09 Å². The van der Waals surface area contributed by atoms with Gasteiger partial charge in [-0.15, -0.1) is 10.2 Å². The van der Waals surface area contributed by atoms with E-state index in [4.69, 9.17) is 21.4 Å². The van der Waals surface area contributed by atoms with E-state index in [0.29, 0.717) is 24.1 Å². The van der Waals surface area contributed by atoms with Crippen molar-refractivity contribution in [1.82, 2.24) is 15.1 Å². The van der Waals surface area contributed by atoms with Crippen molar-refractivity contribution >= 4 is 28.5 Å². The number of ether oxygens (including phenoxy) is 1. The largest absolute Gasteiger partial charge is 0.471 e. The van der Waals surface area contributed by atoms with Gasteiger partial charge in [0.05, 0.1) is 6.54 Å². The predicted octanol–water partition coefficient (Wildman–Crippen LogP) is 2.80. The lowest BCUT2D eigenvalue weighted by Crippen LogP contribution is -2.43. The zero-order valence-electron chi connectivity index (χ0n) is 11.2. The van der Waals surface area contributed by atoms with E-state index in [1.807, 2.05) is 24.3 Å². The van der Waals surface area contributed by atoms with Gasteiger partial charge in [-0.05, 0) is 18.9 Å². The summed E-state index contributed by atoms with van der Waals surface area (Å²) in [4.78, 5) is 12.4. The molecular formula is C14H14ClN3O3. The first kappa shape index (κ1) is 13.9. The summed E-state index contributed by atoms with van der Waals surface area (Å²) in [5.74, 6) is 0.396. The SMILES string of the molecule is O=C(O)N1CCC[C@@H](Oc2nnc(Cl)c3ccccc23)C1. The molecule has 3 rings (SSSR count). The molecule has 1 amide bonds. The molecule has 1 saturated heterocycles. The van der Waals surface area contributed by atoms with Crippen LogP contribution in [0, 0.1) is 0 Å². The molecule has 0 radical (unpaired) electrons. The molecule has 2 aromatic rings. The molecule has 0 spiro atoms. The summed E-state index contributed by atoms with van der Waals surface area (Å²) < 4.78 is 5.87. The highest BCUT2D eigenvalue weighted by molar-refractivity contribution is 6.34. The van der Waals surface area contributed by atoms with Gasteiger partial charge in [0, 0.05) is 17.3 Å². The highest BCUT2D eigenvalue weighted by Gasteiger charge is 2.25. The topological polar surface area (TPSA) is 75.5 Å². The molecule has 1 aliphatic rings. The average molecular weight is 308 g/mol. The summed E-state index contributed by atoms with van der Waals surface area (Å²) in [5.41, 5.74) is 0. The van der Waals surface area contributed by atoms with Crippen LogP contribution in [0.3, 0.4) is 0 Å². The Bertz CT molecular complexity index is 680. The lowest BCUT2D eigenvalue weighted by molar-refractivity contribution is 0.0771. The lowest BCUT2D eigenvalue weighted by Gasteiger charge is -2.30. The standard InChI is InChI=1S/C14H14ClN3O3/c15-12-10-5-1-2-6-11(10)13(17-16-12)21-9-4-3-7-18(8-9)14(19)20/h1-2,5-6,9H,3-4,7-8H2,(H,19,20)/t9-/m1/s1. The minimum atomic E-state index is -0.921. The number of nitrogens with zero attached hydrogens (tertiary/aromatic N) is 3. The second kappa shape index (κ2) is 5.73. The van der Waals surface area contributed by atoms with Crippen molar-refractivity contribution in [3.63, 3.8) is 0 Å². The van der Waals surface area contributed by atoms with E-state index in [-0.39, 0.29) is 6.10 Å². The van der Waals surface area contributed by atoms with E-state index < -0.39 is 6.09 Å². The van der Waals surface area contributed by atoms with E-state index in [9.17, 15) is 4.79 Å². The minimum Gasteiger partial charge on any atom is -0.471 e. The monoisotopic (exact) mass is 307 g/mol. The second-order valence-electron chi connectivity index (χ2n) is 4.95. The number of carbonyl (C=O) groups is 1. The molecule has 1 N–H and O–H groups in total. The Balaban J connectivity index is 1.85. The molecule has 7 heteroatoms. The molecule has 1 atom stereocenters. The number of hydrogen-bond acceptors (Lipinski definition) is 4. The first-order chi connectivity index (χ1) is 10.1. The fraction of sp³-hybridized carbons (Fsp3) is 0.357. The molecule has 6 nitrogen and oxygen atoms in total. The van der Waals surface area contributed by atoms with Crippen LogP contribution >= 0.6 is 11.6 Å². The van der Waals surface area contributed by atoms with Gasteiger partial charge in [0.15, 0.2) is 5.15 Å². The number of benzene rings is 1. The normalized spacial score (nSPS) is 18.7. The van der Waals surface area contributed by atoms with Crippen LogP contribution in [0.5, 0.6) is 5.88 Å². The zero-order valence-corrected chi connectivity index (χ0v) is 12.0. The number of hydrogen-bond donors (Lipinski definition) is 1. The van der Waals surface area contributed by atoms with Gasteiger partial charge in [-0.25, -0.2) is 4.79 Å². The van der Waals surface area contributed by atoms with Crippen molar-refractivity contribution in [1.29, 1.82) is 0 Å². The molecular weight excluding hydrogens is 294 g/mol. The number of aromatic nitrogens is 2. The number of likely N-dealkylation sites (tertiary alicyclic amines) is 1. The Morgan fingerprint density at radius 3 is 2.86 bits per heavy atom. The van der Waals surface area contributed by atoms with Crippen molar-refractivity contribution in [3.8, 4) is 5.88 Å². The molecule has 110 valence electrons. The van der Waals surface area contributed by atoms with Crippen LogP contribution in [0.2, 0.25) is 5.15 Å². The first-order valence-electron chi connectivity index (χ1n) is 6.70. The Hall–Kier alpha value is -2.08. The highest BCUT2D eigenvalue weighted by atomic mass is 35.5. The lowest BCUT2D eigenvalue weighted by atomic mass is 10.1. The molecule has 1 aromatic heterocycles. The van der Waals surface area contributed by atoms with Crippen LogP contribution in [0.15, 0.2) is 24.3 Å². The quantitative estimate of drug-likeness (QED) is 0.923. The maximum atomic E-state index is 11.0. The average Bonchev–Trinajstić information content (AvgIpc) is 2.51. The summed E-state index contributed by atoms with van der Waals surface area (Å²) >= 11 is 6.02. The summed E-state index contributed by atoms with van der Waals surface area (Å²) in [6.45, 7) is 0.885. The zero-order chi connectivity index (χ0) is 14.8. The second-order valence-corrected chi connectivity index (χ2v) is 5.31. The third-order valence-corrected chi connectivity index (χ3v) is 3.81. The van der Waals surface area contributed by atoms with Crippen molar-refractivity contribution < 1.29 is 14.6 Å². The fourth-order valence-electron chi connectivity index (χ4n) is 2.50. The van der Waals surface area contributed by atoms with Gasteiger partial charge in [0.25, 0.3) is 0 Å². The van der Waals surface area contributed by atoms with E-state index in [1.165, 1.54) is 4.90 Å². The Kier molecular flexibility index (Phi) is 3.79. The van der Waals surface area contributed by atoms with Gasteiger partial charge in [-0.3, -0.25) is 0 Å². The number of rotatable bonds is 2. The number of fused-ring (bicyclic) bond motifs is 1. The molecule has 2 heterocycles. The number of amides is 1. The third-order valence-electron chi connectivity index (χ3n) is 3.54. The van der Waals surface area contributed by atoms with E-state index >= 15 is 0 Å². The van der Waals surface area contributed by atoms with Crippen molar-refractivity contribution in [2.45, 2.75) is 18.9 Å². The first-order valence-corrected chi connectivity index (χ1v) is 7.08. The summed E-state index contributed by atoms with van der Waals surface area (Å²) in [5, 5.41) is 18.8. The molecule has 21 heavy (non-hydrogen) atoms. The Morgan fingerprint density at radius 2 is 2.10 bits per heavy atom. The van der Waals surface area contributed by atoms with Crippen LogP contribution in [0.4, 0.5) is 4.79 Å². The Labute approximate surface area is 126 Å². The van der Waals surface area contributed by atoms with Gasteiger partial charge in [0.2, 0.25) is 5.88 Å². The molecule has 1 fully saturated rings. The van der Waals surface area contributed by atoms with Crippen molar-refractivity contribution in [3.05, 3.63) is 29.4 Å². The summed E-state index contributed by atoms with van der Waals surface area (Å²) in [7, 11) is 0. The summed E-state index contributed by atoms with van der Waals surface area (Å²) in [6, 6.07) is 7.46. The fourth-order valence-corrected chi connectivity index (χ4v) is 2.70. The molecule has 0 bridgehead atoms. The minimum absolute atomic E-state index is 0.214. The Morgan fingerprint density at radius 1 is 1.33 bits per heavy atom. The van der Waals surface area contributed by atoms with E-state index in [2.05, 4.69) is 10.2 Å². The predicted molar refractivity (Wildman–Crippen MR) is 77.8 cm³/mol. The van der Waals surface area contributed by atoms with Gasteiger partial charge in [-0.1, -0.05) is 29.8 Å². The smallest absolute Gasteiger partial charge is 0.407 e. The van der Waals surface area contributed by atoms with Crippen molar-refractivity contribution in [2.24, 2.45) is 0 Å². The number of piperidine rings is 1. The molecule has 0 saturated carbocycles. The number of carboxylic acid groups (broad SMARTS) is 1. The number of halogens is 1. The van der Waals surface area contributed by atoms with E-state index in [0.717, 1.165) is 23.6 Å². The maximum absolute atomic E-state index is 11.0. The van der Waals surface area contributed by atoms with Crippen LogP contribution in [0.1, 0.15) is 12.8 Å². The molecule has 1 aromatic carbocycles. The van der Waals surface area contributed by atoms with Crippen LogP contribution < -0.4 is 4.74 Å². The molecule has 0 unspecified atom stereocenters. The van der Waals surface area contributed by atoms with Gasteiger partial charge in [-0.2, -0.15) is 0 Å². The van der Waals surface area contributed by atoms with Crippen LogP contribution in [-0.4, -0.2) is 45.5 Å². The van der Waals surface area contributed by atoms with Gasteiger partial charge in [0.1, 0.15) is 6.10 Å². The van der Waals surface area contributed by atoms with E-state index in [1.54, 1.807) is 0 Å². The highest BCUT2D eigenvalue weighted by Crippen LogP contribution is 2.28. The summed E-state index contributed by atoms with van der Waals surface area (Å²) in [6.07, 6.45) is 0.433. The van der Waals surface area contributed by atoms with Crippen LogP contribution in [-0.2, 0) is 0 Å². The maximum Gasteiger partial charge on any atom is 0.407 e.